The third kappa shape index (κ3) is 3.60. The van der Waals surface area contributed by atoms with Gasteiger partial charge < -0.3 is 14.2 Å². The van der Waals surface area contributed by atoms with Crippen LogP contribution < -0.4 is 5.43 Å². The lowest BCUT2D eigenvalue weighted by Crippen LogP contribution is -2.33. The lowest BCUT2D eigenvalue weighted by Gasteiger charge is -2.26. The van der Waals surface area contributed by atoms with Crippen LogP contribution in [0, 0.1) is 0 Å². The second-order valence-electron chi connectivity index (χ2n) is 8.41. The number of carbonyl (C=O) groups is 1. The van der Waals surface area contributed by atoms with Crippen LogP contribution in [0.25, 0.3) is 21.7 Å². The summed E-state index contributed by atoms with van der Waals surface area (Å²) in [6.45, 7) is 7.63. The Labute approximate surface area is 192 Å². The minimum Gasteiger partial charge on any atom is -0.450 e. The zero-order valence-electron chi connectivity index (χ0n) is 19.0. The summed E-state index contributed by atoms with van der Waals surface area (Å²) in [5.74, 6) is -0.0779. The molecular weight excluding hydrogens is 414 g/mol. The minimum absolute atomic E-state index is 0.148. The topological polar surface area (TPSA) is 66.7 Å². The van der Waals surface area contributed by atoms with Gasteiger partial charge in [-0.15, -0.1) is 0 Å². The van der Waals surface area contributed by atoms with Gasteiger partial charge in [-0.05, 0) is 49.1 Å². The van der Waals surface area contributed by atoms with Crippen LogP contribution in [0.4, 0.5) is 0 Å². The molecule has 4 aromatic rings. The first-order chi connectivity index (χ1) is 16.1. The van der Waals surface area contributed by atoms with Crippen molar-refractivity contribution >= 4 is 27.6 Å². The highest BCUT2D eigenvalue weighted by atomic mass is 16.3. The lowest BCUT2D eigenvalue weighted by atomic mass is 9.98. The average Bonchev–Trinajstić information content (AvgIpc) is 3.14. The van der Waals surface area contributed by atoms with Crippen molar-refractivity contribution in [3.63, 3.8) is 0 Å². The van der Waals surface area contributed by atoms with E-state index in [2.05, 4.69) is 23.7 Å². The van der Waals surface area contributed by atoms with Crippen molar-refractivity contribution < 1.29 is 9.21 Å². The van der Waals surface area contributed by atoms with Crippen molar-refractivity contribution in [2.75, 3.05) is 26.2 Å². The molecule has 0 bridgehead atoms. The molecule has 0 saturated carbocycles. The zero-order chi connectivity index (χ0) is 22.9. The van der Waals surface area contributed by atoms with Crippen molar-refractivity contribution in [3.05, 3.63) is 88.0 Å². The number of hydrogen-bond donors (Lipinski definition) is 0. The summed E-state index contributed by atoms with van der Waals surface area (Å²) in [5, 5.41) is 2.30. The van der Waals surface area contributed by atoms with Crippen molar-refractivity contribution in [1.82, 2.24) is 14.8 Å². The second kappa shape index (κ2) is 8.79. The molecule has 1 amide bonds. The van der Waals surface area contributed by atoms with Crippen LogP contribution in [0.1, 0.15) is 48.0 Å². The molecule has 3 heterocycles. The van der Waals surface area contributed by atoms with Gasteiger partial charge in [0.05, 0.1) is 17.0 Å². The highest BCUT2D eigenvalue weighted by Gasteiger charge is 2.42. The number of nitrogens with zero attached hydrogens (tertiary/aromatic N) is 3. The Morgan fingerprint density at radius 1 is 1.00 bits per heavy atom. The number of rotatable bonds is 7. The quantitative estimate of drug-likeness (QED) is 0.392. The Hall–Kier alpha value is -3.51. The molecule has 168 valence electrons. The van der Waals surface area contributed by atoms with Crippen molar-refractivity contribution in [2.45, 2.75) is 26.3 Å². The number of amides is 1. The zero-order valence-corrected chi connectivity index (χ0v) is 19.0. The van der Waals surface area contributed by atoms with Crippen LogP contribution in [-0.4, -0.2) is 46.9 Å². The molecular formula is C27H27N3O3. The fraction of sp³-hybridized carbons (Fsp3) is 0.296. The maximum atomic E-state index is 13.7. The molecule has 1 unspecified atom stereocenters. The monoisotopic (exact) mass is 441 g/mol. The van der Waals surface area contributed by atoms with E-state index >= 15 is 0 Å². The number of carbonyl (C=O) groups excluding carboxylic acids is 1. The van der Waals surface area contributed by atoms with Gasteiger partial charge in [-0.25, -0.2) is 0 Å². The van der Waals surface area contributed by atoms with Gasteiger partial charge in [-0.3, -0.25) is 14.6 Å². The maximum Gasteiger partial charge on any atom is 0.290 e. The average molecular weight is 442 g/mol. The van der Waals surface area contributed by atoms with Crippen molar-refractivity contribution in [3.8, 4) is 0 Å². The highest BCUT2D eigenvalue weighted by Crippen LogP contribution is 2.39. The first-order valence-corrected chi connectivity index (χ1v) is 11.6. The van der Waals surface area contributed by atoms with Gasteiger partial charge in [0.2, 0.25) is 5.76 Å². The van der Waals surface area contributed by atoms with E-state index in [4.69, 9.17) is 4.42 Å². The Kier molecular flexibility index (Phi) is 5.68. The Morgan fingerprint density at radius 3 is 2.58 bits per heavy atom. The summed E-state index contributed by atoms with van der Waals surface area (Å²) in [5.41, 5.74) is 1.56. The number of aromatic nitrogens is 1. The molecule has 1 aliphatic heterocycles. The summed E-state index contributed by atoms with van der Waals surface area (Å²) >= 11 is 0. The predicted molar refractivity (Wildman–Crippen MR) is 130 cm³/mol. The number of fused-ring (bicyclic) bond motifs is 4. The smallest absolute Gasteiger partial charge is 0.290 e. The number of pyridine rings is 1. The predicted octanol–water partition coefficient (Wildman–Crippen LogP) is 4.62. The standard InChI is InChI=1S/C27H27N3O3/c1-3-29(4-2)15-8-16-30-23(19-10-7-14-28-17-19)22-24(31)21-13-12-18-9-5-6-11-20(18)25(21)33-26(22)27(30)32/h5-7,9-14,17,23H,3-4,8,15-16H2,1-2H3. The van der Waals surface area contributed by atoms with E-state index in [1.54, 1.807) is 23.4 Å². The van der Waals surface area contributed by atoms with Gasteiger partial charge in [0.25, 0.3) is 5.91 Å². The maximum absolute atomic E-state index is 13.7. The molecule has 0 N–H and O–H groups in total. The van der Waals surface area contributed by atoms with Crippen molar-refractivity contribution in [1.29, 1.82) is 0 Å². The summed E-state index contributed by atoms with van der Waals surface area (Å²) < 4.78 is 6.24. The van der Waals surface area contributed by atoms with E-state index in [1.807, 2.05) is 42.5 Å². The molecule has 0 radical (unpaired) electrons. The number of benzene rings is 2. The molecule has 2 aromatic heterocycles. The van der Waals surface area contributed by atoms with Crippen LogP contribution in [0.15, 0.2) is 70.1 Å². The first kappa shape index (κ1) is 21.3. The Balaban J connectivity index is 1.65. The van der Waals surface area contributed by atoms with Gasteiger partial charge in [-0.2, -0.15) is 0 Å². The fourth-order valence-electron chi connectivity index (χ4n) is 4.87. The van der Waals surface area contributed by atoms with Crippen LogP contribution >= 0.6 is 0 Å². The summed E-state index contributed by atoms with van der Waals surface area (Å²) in [6.07, 6.45) is 4.24. The van der Waals surface area contributed by atoms with E-state index in [1.165, 1.54) is 0 Å². The highest BCUT2D eigenvalue weighted by molar-refractivity contribution is 6.06. The van der Waals surface area contributed by atoms with E-state index in [9.17, 15) is 9.59 Å². The molecule has 0 fully saturated rings. The van der Waals surface area contributed by atoms with E-state index in [-0.39, 0.29) is 17.1 Å². The second-order valence-corrected chi connectivity index (χ2v) is 8.41. The largest absolute Gasteiger partial charge is 0.450 e. The van der Waals surface area contributed by atoms with Gasteiger partial charge in [0.1, 0.15) is 5.58 Å². The number of hydrogen-bond acceptors (Lipinski definition) is 5. The summed E-state index contributed by atoms with van der Waals surface area (Å²) in [6, 6.07) is 14.7. The van der Waals surface area contributed by atoms with Gasteiger partial charge in [-0.1, -0.05) is 50.2 Å². The van der Waals surface area contributed by atoms with Crippen molar-refractivity contribution in [2.24, 2.45) is 0 Å². The molecule has 0 aliphatic carbocycles. The molecule has 0 saturated heterocycles. The molecule has 2 aromatic carbocycles. The van der Waals surface area contributed by atoms with E-state index in [0.29, 0.717) is 23.1 Å². The third-order valence-electron chi connectivity index (χ3n) is 6.63. The summed E-state index contributed by atoms with van der Waals surface area (Å²) in [7, 11) is 0. The minimum atomic E-state index is -0.495. The van der Waals surface area contributed by atoms with Crippen LogP contribution in [-0.2, 0) is 0 Å². The molecule has 0 spiro atoms. The van der Waals surface area contributed by atoms with Gasteiger partial charge in [0, 0.05) is 24.3 Å². The normalized spacial score (nSPS) is 15.7. The lowest BCUT2D eigenvalue weighted by molar-refractivity contribution is 0.0720. The molecule has 6 heteroatoms. The fourth-order valence-corrected chi connectivity index (χ4v) is 4.87. The van der Waals surface area contributed by atoms with Gasteiger partial charge in [0.15, 0.2) is 5.43 Å². The van der Waals surface area contributed by atoms with Crippen LogP contribution in [0.2, 0.25) is 0 Å². The molecule has 1 aliphatic rings. The molecule has 5 rings (SSSR count). The van der Waals surface area contributed by atoms with E-state index in [0.717, 1.165) is 42.4 Å². The Morgan fingerprint density at radius 2 is 1.82 bits per heavy atom. The SMILES string of the molecule is CCN(CC)CCCN1C(=O)c2oc3c(ccc4ccccc43)c(=O)c2C1c1cccnc1. The molecule has 1 atom stereocenters. The first-order valence-electron chi connectivity index (χ1n) is 11.6. The van der Waals surface area contributed by atoms with Crippen LogP contribution in [0.5, 0.6) is 0 Å². The van der Waals surface area contributed by atoms with Crippen LogP contribution in [0.3, 0.4) is 0 Å². The van der Waals surface area contributed by atoms with E-state index < -0.39 is 6.04 Å². The van der Waals surface area contributed by atoms with Gasteiger partial charge >= 0.3 is 0 Å². The molecule has 33 heavy (non-hydrogen) atoms. The summed E-state index contributed by atoms with van der Waals surface area (Å²) in [4.78, 5) is 35.7. The molecule has 6 nitrogen and oxygen atoms in total. The Bertz CT molecular complexity index is 1380. The third-order valence-corrected chi connectivity index (χ3v) is 6.63.